The monoisotopic (exact) mass is 885 g/mol. The van der Waals surface area contributed by atoms with Gasteiger partial charge in [-0.1, -0.05) is 132 Å². The van der Waals surface area contributed by atoms with Crippen molar-refractivity contribution in [3.05, 3.63) is 73.1 Å². The van der Waals surface area contributed by atoms with E-state index in [1.807, 2.05) is 30.4 Å². The molecule has 0 aliphatic rings. The van der Waals surface area contributed by atoms with Crippen LogP contribution in [0.5, 0.6) is 0 Å². The third-order valence-corrected chi connectivity index (χ3v) is 11.6. The van der Waals surface area contributed by atoms with E-state index in [1.165, 1.54) is 82.2 Å². The molecule has 0 heterocycles. The molecule has 0 spiro atoms. The van der Waals surface area contributed by atoms with Crippen LogP contribution < -0.4 is 11.5 Å². The molecule has 12 nitrogen and oxygen atoms in total. The van der Waals surface area contributed by atoms with Gasteiger partial charge in [0.25, 0.3) is 0 Å². The summed E-state index contributed by atoms with van der Waals surface area (Å²) < 4.78 is 33.3. The second kappa shape index (κ2) is 41.9. The Hall–Kier alpha value is -2.48. The van der Waals surface area contributed by atoms with E-state index in [2.05, 4.69) is 38.2 Å². The summed E-state index contributed by atoms with van der Waals surface area (Å²) in [4.78, 5) is 33.9. The first-order valence-corrected chi connectivity index (χ1v) is 25.0. The number of phosphoric ester groups is 1. The Bertz CT molecular complexity index is 1280. The number of ether oxygens (including phenoxy) is 2. The van der Waals surface area contributed by atoms with Crippen LogP contribution in [0.25, 0.3) is 0 Å². The summed E-state index contributed by atoms with van der Waals surface area (Å²) in [5.41, 5.74) is 11.6. The van der Waals surface area contributed by atoms with Gasteiger partial charge in [0.05, 0.1) is 25.6 Å². The second-order valence-corrected chi connectivity index (χ2v) is 17.5. The smallest absolute Gasteiger partial charge is 0.472 e. The number of carbonyl (C=O) groups excluding carboxylic acids is 1. The van der Waals surface area contributed by atoms with E-state index in [0.29, 0.717) is 6.42 Å². The predicted octanol–water partition coefficient (Wildman–Crippen LogP) is 10.4. The molecule has 0 rings (SSSR count). The molecule has 0 bridgehead atoms. The molecule has 0 fully saturated rings. The number of allylic oxidation sites excluding steroid dienone is 10. The van der Waals surface area contributed by atoms with Crippen LogP contribution in [0.1, 0.15) is 149 Å². The highest BCUT2D eigenvalue weighted by Gasteiger charge is 2.26. The fraction of sp³-hybridized carbons (Fsp3) is 0.696. The molecule has 14 heteroatoms. The summed E-state index contributed by atoms with van der Waals surface area (Å²) in [7, 11) is -4.41. The van der Waals surface area contributed by atoms with Gasteiger partial charge in [-0.15, -0.1) is 11.8 Å². The zero-order valence-electron chi connectivity index (χ0n) is 36.8. The van der Waals surface area contributed by atoms with Crippen LogP contribution in [-0.4, -0.2) is 82.7 Å². The molecule has 60 heavy (non-hydrogen) atoms. The summed E-state index contributed by atoms with van der Waals surface area (Å²) in [6.45, 7) is 3.58. The van der Waals surface area contributed by atoms with E-state index in [1.54, 1.807) is 12.2 Å². The topological polar surface area (TPSA) is 201 Å². The summed E-state index contributed by atoms with van der Waals surface area (Å²) in [5, 5.41) is 19.5. The zero-order chi connectivity index (χ0) is 44.4. The van der Waals surface area contributed by atoms with E-state index in [-0.39, 0.29) is 38.4 Å². The molecule has 0 saturated carbocycles. The Morgan fingerprint density at radius 2 is 1.32 bits per heavy atom. The number of nitrogens with two attached hydrogens (primary N) is 2. The van der Waals surface area contributed by atoms with Crippen LogP contribution in [0, 0.1) is 0 Å². The van der Waals surface area contributed by atoms with Crippen LogP contribution in [0.15, 0.2) is 73.1 Å². The number of aliphatic carboxylic acids is 1. The van der Waals surface area contributed by atoms with E-state index < -0.39 is 49.9 Å². The van der Waals surface area contributed by atoms with Crippen molar-refractivity contribution in [2.45, 2.75) is 172 Å². The normalized spacial score (nSPS) is 15.5. The summed E-state index contributed by atoms with van der Waals surface area (Å²) >= 11 is 1.26. The molecule has 0 amide bonds. The highest BCUT2D eigenvalue weighted by Crippen LogP contribution is 2.43. The van der Waals surface area contributed by atoms with Crippen LogP contribution >= 0.6 is 19.6 Å². The second-order valence-electron chi connectivity index (χ2n) is 14.8. The number of thioether (sulfide) groups is 1. The number of carboxylic acids is 1. The van der Waals surface area contributed by atoms with Gasteiger partial charge in [-0.05, 0) is 76.7 Å². The van der Waals surface area contributed by atoms with Crippen molar-refractivity contribution in [2.75, 3.05) is 32.1 Å². The molecular weight excluding hydrogens is 804 g/mol. The van der Waals surface area contributed by atoms with Gasteiger partial charge >= 0.3 is 19.8 Å². The predicted molar refractivity (Wildman–Crippen MR) is 248 cm³/mol. The summed E-state index contributed by atoms with van der Waals surface area (Å²) in [5.74, 6) is -1.56. The van der Waals surface area contributed by atoms with E-state index >= 15 is 0 Å². The third-order valence-electron chi connectivity index (χ3n) is 9.18. The first-order chi connectivity index (χ1) is 29.1. The molecule has 0 aromatic carbocycles. The van der Waals surface area contributed by atoms with Crippen molar-refractivity contribution in [1.82, 2.24) is 0 Å². The van der Waals surface area contributed by atoms with Gasteiger partial charge in [0.15, 0.2) is 6.10 Å². The maximum atomic E-state index is 12.9. The first-order valence-electron chi connectivity index (χ1n) is 22.4. The molecule has 1 unspecified atom stereocenters. The molecule has 5 atom stereocenters. The third kappa shape index (κ3) is 38.4. The van der Waals surface area contributed by atoms with Crippen LogP contribution in [0.3, 0.4) is 0 Å². The molecule has 7 N–H and O–H groups in total. The minimum absolute atomic E-state index is 0.0292. The van der Waals surface area contributed by atoms with Crippen molar-refractivity contribution < 1.29 is 47.8 Å². The van der Waals surface area contributed by atoms with Crippen molar-refractivity contribution in [2.24, 2.45) is 11.5 Å². The number of carbonyl (C=O) groups is 2. The number of phosphoric acid groups is 1. The Kier molecular flexibility index (Phi) is 40.1. The van der Waals surface area contributed by atoms with Gasteiger partial charge < -0.3 is 36.0 Å². The number of carboxylic acid groups (broad SMARTS) is 1. The molecule has 0 aliphatic carbocycles. The molecule has 0 aromatic heterocycles. The highest BCUT2D eigenvalue weighted by atomic mass is 32.2. The van der Waals surface area contributed by atoms with E-state index in [4.69, 9.17) is 35.1 Å². The lowest BCUT2D eigenvalue weighted by Gasteiger charge is -2.22. The number of unbranched alkanes of at least 4 members (excludes halogenated alkanes) is 14. The molecule has 0 saturated heterocycles. The maximum Gasteiger partial charge on any atom is 0.472 e. The lowest BCUT2D eigenvalue weighted by molar-refractivity contribution is -0.148. The van der Waals surface area contributed by atoms with E-state index in [9.17, 15) is 24.2 Å². The Balaban J connectivity index is 5.03. The Morgan fingerprint density at radius 3 is 1.97 bits per heavy atom. The molecule has 0 aliphatic heterocycles. The fourth-order valence-electron chi connectivity index (χ4n) is 5.65. The quantitative estimate of drug-likeness (QED) is 0.00969. The van der Waals surface area contributed by atoms with Gasteiger partial charge in [0.2, 0.25) is 0 Å². The minimum atomic E-state index is -4.41. The fourth-order valence-corrected chi connectivity index (χ4v) is 7.54. The largest absolute Gasteiger partial charge is 0.492 e. The number of aliphatic hydroxyl groups excluding tert-OH is 1. The number of rotatable bonds is 42. The minimum Gasteiger partial charge on any atom is -0.492 e. The standard InChI is InChI=1S/C46H81N2O10PS/c1-3-5-7-9-11-13-15-17-18-19-20-22-24-26-28-30-36-55-41(39-58-59(53,54)57-37-35-47)38-56-46(52)42(48)40-60-44(43(49)32-31-34-45(50)51)33-29-27-25-23-21-16-14-12-10-8-6-4-2/h12,14,17-18,21,23,25,27,29-30,33,36,41-44,49H,3-11,13,15-16,19-20,22,24,26,28,31-32,34-35,37-40,47-48H2,1-2H3,(H,50,51)(H,53,54)/b14-12-,18-17-,23-21-,27-25+,33-29+,36-30+/t41-,42+,43+,44-/m1/s1. The molecule has 346 valence electrons. The summed E-state index contributed by atoms with van der Waals surface area (Å²) in [6, 6.07) is -1.06. The zero-order valence-corrected chi connectivity index (χ0v) is 38.5. The average Bonchev–Trinajstić information content (AvgIpc) is 3.22. The van der Waals surface area contributed by atoms with Gasteiger partial charge in [-0.3, -0.25) is 18.6 Å². The van der Waals surface area contributed by atoms with Crippen molar-refractivity contribution in [3.63, 3.8) is 0 Å². The molecular formula is C46H81N2O10PS. The van der Waals surface area contributed by atoms with Crippen molar-refractivity contribution >= 4 is 31.5 Å². The molecule has 0 radical (unpaired) electrons. The van der Waals surface area contributed by atoms with E-state index in [0.717, 1.165) is 51.4 Å². The number of hydrogen-bond donors (Lipinski definition) is 5. The SMILES string of the molecule is CCCCC/C=C\C\C=C/C=C/C=C/[C@@H](SC[C@H](N)C(=O)OC[C@H](COP(=O)(O)OCCN)O/C=C/CCCCCC/C=C\CCCCCCCC)[C@@H](O)CCCC(=O)O. The van der Waals surface area contributed by atoms with Gasteiger partial charge in [-0.2, -0.15) is 0 Å². The van der Waals surface area contributed by atoms with Gasteiger partial charge in [-0.25, -0.2) is 4.57 Å². The van der Waals surface area contributed by atoms with Crippen LogP contribution in [0.4, 0.5) is 0 Å². The van der Waals surface area contributed by atoms with Crippen LogP contribution in [-0.2, 0) is 32.7 Å². The number of aliphatic hydroxyl groups is 1. The maximum absolute atomic E-state index is 12.9. The average molecular weight is 885 g/mol. The van der Waals surface area contributed by atoms with Crippen LogP contribution in [0.2, 0.25) is 0 Å². The number of hydrogen-bond acceptors (Lipinski definition) is 11. The lowest BCUT2D eigenvalue weighted by atomic mass is 10.1. The Morgan fingerprint density at radius 1 is 0.733 bits per heavy atom. The lowest BCUT2D eigenvalue weighted by Crippen LogP contribution is -2.38. The first kappa shape index (κ1) is 57.5. The highest BCUT2D eigenvalue weighted by molar-refractivity contribution is 8.00. The number of esters is 1. The Labute approximate surface area is 367 Å². The van der Waals surface area contributed by atoms with Crippen molar-refractivity contribution in [1.29, 1.82) is 0 Å². The van der Waals surface area contributed by atoms with Gasteiger partial charge in [0, 0.05) is 24.0 Å². The summed E-state index contributed by atoms with van der Waals surface area (Å²) in [6.07, 6.45) is 43.3. The molecule has 0 aromatic rings. The van der Waals surface area contributed by atoms with Crippen molar-refractivity contribution in [3.8, 4) is 0 Å². The van der Waals surface area contributed by atoms with Gasteiger partial charge in [0.1, 0.15) is 12.6 Å².